The third-order valence-electron chi connectivity index (χ3n) is 2.95. The number of hydrogen-bond acceptors (Lipinski definition) is 3. The van der Waals surface area contributed by atoms with Crippen LogP contribution >= 0.6 is 0 Å². The van der Waals surface area contributed by atoms with E-state index in [9.17, 15) is 23.3 Å². The summed E-state index contributed by atoms with van der Waals surface area (Å²) in [5.41, 5.74) is 1.06. The Balaban J connectivity index is 2.17. The lowest BCUT2D eigenvalue weighted by Crippen LogP contribution is -2.03. The fourth-order valence-electron chi connectivity index (χ4n) is 1.83. The number of aryl methyl sites for hydroxylation is 1. The van der Waals surface area contributed by atoms with Crippen molar-refractivity contribution in [3.05, 3.63) is 69.0 Å². The van der Waals surface area contributed by atoms with Crippen molar-refractivity contribution in [3.8, 4) is 0 Å². The van der Waals surface area contributed by atoms with E-state index in [1.54, 1.807) is 19.1 Å². The van der Waals surface area contributed by atoms with Gasteiger partial charge < -0.3 is 5.32 Å². The third kappa shape index (κ3) is 3.31. The standard InChI is InChI=1S/C14H11F3N2O2/c1-8-2-3-10(6-13(8)19(20)21)18-7-9-4-11(15)14(17)12(16)5-9/h2-6,18H,7H2,1H3. The second-order valence-electron chi connectivity index (χ2n) is 4.49. The van der Waals surface area contributed by atoms with Gasteiger partial charge in [0.2, 0.25) is 0 Å². The van der Waals surface area contributed by atoms with E-state index >= 15 is 0 Å². The zero-order valence-corrected chi connectivity index (χ0v) is 11.0. The van der Waals surface area contributed by atoms with Gasteiger partial charge in [-0.05, 0) is 30.7 Å². The molecule has 0 heterocycles. The number of hydrogen-bond donors (Lipinski definition) is 1. The second-order valence-corrected chi connectivity index (χ2v) is 4.49. The van der Waals surface area contributed by atoms with Crippen LogP contribution in [0.3, 0.4) is 0 Å². The van der Waals surface area contributed by atoms with Crippen LogP contribution in [0.4, 0.5) is 24.5 Å². The molecule has 0 unspecified atom stereocenters. The maximum atomic E-state index is 13.1. The molecule has 2 aromatic carbocycles. The Bertz CT molecular complexity index is 682. The molecule has 7 heteroatoms. The van der Waals surface area contributed by atoms with Crippen LogP contribution in [0.25, 0.3) is 0 Å². The van der Waals surface area contributed by atoms with Gasteiger partial charge in [0.15, 0.2) is 17.5 Å². The SMILES string of the molecule is Cc1ccc(NCc2cc(F)c(F)c(F)c2)cc1[N+](=O)[O-]. The van der Waals surface area contributed by atoms with Gasteiger partial charge >= 0.3 is 0 Å². The van der Waals surface area contributed by atoms with Crippen LogP contribution < -0.4 is 5.32 Å². The van der Waals surface area contributed by atoms with Crippen molar-refractivity contribution in [2.75, 3.05) is 5.32 Å². The minimum Gasteiger partial charge on any atom is -0.381 e. The van der Waals surface area contributed by atoms with Gasteiger partial charge in [-0.1, -0.05) is 6.07 Å². The van der Waals surface area contributed by atoms with Gasteiger partial charge in [0.1, 0.15) is 0 Å². The van der Waals surface area contributed by atoms with E-state index in [4.69, 9.17) is 0 Å². The first-order chi connectivity index (χ1) is 9.88. The molecule has 0 saturated heterocycles. The molecule has 0 aliphatic heterocycles. The number of benzene rings is 2. The van der Waals surface area contributed by atoms with E-state index in [1.807, 2.05) is 0 Å². The van der Waals surface area contributed by atoms with Crippen molar-refractivity contribution in [1.29, 1.82) is 0 Å². The average molecular weight is 296 g/mol. The highest BCUT2D eigenvalue weighted by atomic mass is 19.2. The smallest absolute Gasteiger partial charge is 0.274 e. The van der Waals surface area contributed by atoms with Crippen molar-refractivity contribution in [1.82, 2.24) is 0 Å². The van der Waals surface area contributed by atoms with Crippen LogP contribution in [0.2, 0.25) is 0 Å². The summed E-state index contributed by atoms with van der Waals surface area (Å²) in [6.45, 7) is 1.61. The zero-order valence-electron chi connectivity index (χ0n) is 11.0. The number of anilines is 1. The number of nitrogens with zero attached hydrogens (tertiary/aromatic N) is 1. The topological polar surface area (TPSA) is 55.2 Å². The molecule has 0 amide bonds. The predicted octanol–water partition coefficient (Wildman–Crippen LogP) is 3.93. The highest BCUT2D eigenvalue weighted by molar-refractivity contribution is 5.55. The van der Waals surface area contributed by atoms with Gasteiger partial charge in [0.25, 0.3) is 5.69 Å². The van der Waals surface area contributed by atoms with Gasteiger partial charge in [0.05, 0.1) is 4.92 Å². The van der Waals surface area contributed by atoms with Gasteiger partial charge in [-0.3, -0.25) is 10.1 Å². The molecule has 2 rings (SSSR count). The largest absolute Gasteiger partial charge is 0.381 e. The van der Waals surface area contributed by atoms with Crippen LogP contribution in [-0.2, 0) is 6.54 Å². The normalized spacial score (nSPS) is 10.5. The molecule has 0 bridgehead atoms. The maximum absolute atomic E-state index is 13.1. The van der Waals surface area contributed by atoms with Gasteiger partial charge in [-0.2, -0.15) is 0 Å². The third-order valence-corrected chi connectivity index (χ3v) is 2.95. The Labute approximate surface area is 118 Å². The summed E-state index contributed by atoms with van der Waals surface area (Å²) in [6.07, 6.45) is 0. The Morgan fingerprint density at radius 1 is 1.14 bits per heavy atom. The Morgan fingerprint density at radius 2 is 1.76 bits per heavy atom. The first-order valence-corrected chi connectivity index (χ1v) is 6.01. The molecule has 0 atom stereocenters. The number of rotatable bonds is 4. The van der Waals surface area contributed by atoms with Crippen LogP contribution in [0.5, 0.6) is 0 Å². The molecule has 0 aromatic heterocycles. The van der Waals surface area contributed by atoms with Crippen LogP contribution in [0, 0.1) is 34.5 Å². The predicted molar refractivity (Wildman–Crippen MR) is 71.5 cm³/mol. The van der Waals surface area contributed by atoms with E-state index in [1.165, 1.54) is 6.07 Å². The van der Waals surface area contributed by atoms with E-state index in [2.05, 4.69) is 5.32 Å². The maximum Gasteiger partial charge on any atom is 0.274 e. The van der Waals surface area contributed by atoms with Crippen molar-refractivity contribution in [3.63, 3.8) is 0 Å². The zero-order chi connectivity index (χ0) is 15.6. The monoisotopic (exact) mass is 296 g/mol. The lowest BCUT2D eigenvalue weighted by molar-refractivity contribution is -0.385. The molecule has 4 nitrogen and oxygen atoms in total. The van der Waals surface area contributed by atoms with Crippen LogP contribution in [-0.4, -0.2) is 4.92 Å². The first kappa shape index (κ1) is 14.8. The second kappa shape index (κ2) is 5.82. The highest BCUT2D eigenvalue weighted by Gasteiger charge is 2.12. The summed E-state index contributed by atoms with van der Waals surface area (Å²) in [5.74, 6) is -4.08. The molecule has 0 aliphatic rings. The first-order valence-electron chi connectivity index (χ1n) is 6.01. The molecule has 1 N–H and O–H groups in total. The molecule has 0 aliphatic carbocycles. The van der Waals surface area contributed by atoms with Crippen molar-refractivity contribution >= 4 is 11.4 Å². The molecule has 0 saturated carbocycles. The molecule has 0 radical (unpaired) electrons. The van der Waals surface area contributed by atoms with E-state index < -0.39 is 22.4 Å². The molecular weight excluding hydrogens is 285 g/mol. The fourth-order valence-corrected chi connectivity index (χ4v) is 1.83. The van der Waals surface area contributed by atoms with Crippen molar-refractivity contribution in [2.24, 2.45) is 0 Å². The molecule has 21 heavy (non-hydrogen) atoms. The van der Waals surface area contributed by atoms with Gasteiger partial charge in [-0.25, -0.2) is 13.2 Å². The minimum atomic E-state index is -1.52. The lowest BCUT2D eigenvalue weighted by atomic mass is 10.1. The summed E-state index contributed by atoms with van der Waals surface area (Å²) < 4.78 is 38.9. The summed E-state index contributed by atoms with van der Waals surface area (Å²) in [4.78, 5) is 10.3. The van der Waals surface area contributed by atoms with E-state index in [0.29, 0.717) is 11.3 Å². The number of nitro groups is 1. The molecular formula is C14H11F3N2O2. The van der Waals surface area contributed by atoms with Crippen LogP contribution in [0.15, 0.2) is 30.3 Å². The Kier molecular flexibility index (Phi) is 4.11. The minimum absolute atomic E-state index is 0.00827. The lowest BCUT2D eigenvalue weighted by Gasteiger charge is -2.08. The van der Waals surface area contributed by atoms with E-state index in [0.717, 1.165) is 12.1 Å². The van der Waals surface area contributed by atoms with Gasteiger partial charge in [-0.15, -0.1) is 0 Å². The van der Waals surface area contributed by atoms with Crippen molar-refractivity contribution < 1.29 is 18.1 Å². The summed E-state index contributed by atoms with van der Waals surface area (Å²) in [5, 5.41) is 13.6. The van der Waals surface area contributed by atoms with Crippen molar-refractivity contribution in [2.45, 2.75) is 13.5 Å². The molecule has 0 spiro atoms. The quantitative estimate of drug-likeness (QED) is 0.528. The van der Waals surface area contributed by atoms with Gasteiger partial charge in [0, 0.05) is 23.9 Å². The number of halogens is 3. The Hall–Kier alpha value is -2.57. The summed E-state index contributed by atoms with van der Waals surface area (Å²) >= 11 is 0. The summed E-state index contributed by atoms with van der Waals surface area (Å²) in [6, 6.07) is 6.23. The molecule has 2 aromatic rings. The number of nitrogens with one attached hydrogen (secondary N) is 1. The average Bonchev–Trinajstić information content (AvgIpc) is 2.43. The van der Waals surface area contributed by atoms with Crippen LogP contribution in [0.1, 0.15) is 11.1 Å². The number of nitro benzene ring substituents is 1. The highest BCUT2D eigenvalue weighted by Crippen LogP contribution is 2.23. The molecule has 110 valence electrons. The van der Waals surface area contributed by atoms with E-state index in [-0.39, 0.29) is 17.8 Å². The summed E-state index contributed by atoms with van der Waals surface area (Å²) in [7, 11) is 0. The Morgan fingerprint density at radius 3 is 2.33 bits per heavy atom. The molecule has 0 fully saturated rings. The fraction of sp³-hybridized carbons (Fsp3) is 0.143.